The number of hydrogen-bond donors (Lipinski definition) is 0. The van der Waals surface area contributed by atoms with E-state index in [0.29, 0.717) is 23.3 Å². The van der Waals surface area contributed by atoms with Gasteiger partial charge in [0.1, 0.15) is 18.1 Å². The van der Waals surface area contributed by atoms with E-state index in [-0.39, 0.29) is 5.92 Å². The van der Waals surface area contributed by atoms with Gasteiger partial charge in [-0.1, -0.05) is 27.7 Å². The molecule has 0 fully saturated rings. The molecule has 0 aromatic carbocycles. The van der Waals surface area contributed by atoms with Crippen molar-refractivity contribution in [1.29, 1.82) is 0 Å². The van der Waals surface area contributed by atoms with Crippen molar-refractivity contribution < 1.29 is 22.0 Å². The first-order valence-corrected chi connectivity index (χ1v) is 10.9. The normalized spacial score (nSPS) is 11.9. The zero-order valence-corrected chi connectivity index (χ0v) is 20.3. The Bertz CT molecular complexity index is 1230. The summed E-state index contributed by atoms with van der Waals surface area (Å²) in [6, 6.07) is 0. The number of aromatic nitrogens is 6. The molecule has 4 aromatic rings. The van der Waals surface area contributed by atoms with E-state index in [2.05, 4.69) is 34.0 Å². The fourth-order valence-electron chi connectivity index (χ4n) is 3.41. The lowest BCUT2D eigenvalue weighted by molar-refractivity contribution is -0.142. The second kappa shape index (κ2) is 9.86. The summed E-state index contributed by atoms with van der Waals surface area (Å²) in [4.78, 5) is 8.61. The molecule has 0 saturated carbocycles. The van der Waals surface area contributed by atoms with Crippen LogP contribution in [-0.2, 0) is 13.6 Å². The molecule has 0 spiro atoms. The first-order valence-electron chi connectivity index (χ1n) is 10.9. The molecule has 4 rings (SSSR count). The summed E-state index contributed by atoms with van der Waals surface area (Å²) >= 11 is 0. The second-order valence-electron chi connectivity index (χ2n) is 8.69. The SMILES string of the molecule is Cc1nc(-c2cnn(C)c2)oc1C(C)C.Cc1nc(-c2cnn(CC(F)(F)F)c2)oc1C(C)C. The highest BCUT2D eigenvalue weighted by atomic mass is 19.4. The molecule has 0 aliphatic rings. The van der Waals surface area contributed by atoms with E-state index in [1.807, 2.05) is 40.9 Å². The molecular formula is C23H29F3N6O2. The van der Waals surface area contributed by atoms with Crippen molar-refractivity contribution in [2.24, 2.45) is 7.05 Å². The first-order chi connectivity index (χ1) is 15.8. The lowest BCUT2D eigenvalue weighted by Gasteiger charge is -2.04. The van der Waals surface area contributed by atoms with Gasteiger partial charge < -0.3 is 8.83 Å². The van der Waals surface area contributed by atoms with Crippen LogP contribution in [0.4, 0.5) is 13.2 Å². The van der Waals surface area contributed by atoms with Crippen molar-refractivity contribution in [2.75, 3.05) is 0 Å². The Balaban J connectivity index is 0.000000196. The fraction of sp³-hybridized carbons (Fsp3) is 0.478. The van der Waals surface area contributed by atoms with Gasteiger partial charge in [0.05, 0.1) is 34.9 Å². The maximum atomic E-state index is 12.2. The number of rotatable bonds is 5. The van der Waals surface area contributed by atoms with Crippen LogP contribution in [0.15, 0.2) is 33.6 Å². The summed E-state index contributed by atoms with van der Waals surface area (Å²) in [5.41, 5.74) is 3.07. The summed E-state index contributed by atoms with van der Waals surface area (Å²) in [6.07, 6.45) is 1.97. The van der Waals surface area contributed by atoms with Crippen molar-refractivity contribution >= 4 is 0 Å². The Morgan fingerprint density at radius 3 is 1.68 bits per heavy atom. The van der Waals surface area contributed by atoms with Crippen molar-refractivity contribution in [1.82, 2.24) is 29.5 Å². The highest BCUT2D eigenvalue weighted by Gasteiger charge is 2.28. The van der Waals surface area contributed by atoms with Gasteiger partial charge in [0, 0.05) is 31.3 Å². The second-order valence-corrected chi connectivity index (χ2v) is 8.69. The average Bonchev–Trinajstić information content (AvgIpc) is 3.48. The minimum atomic E-state index is -4.29. The fourth-order valence-corrected chi connectivity index (χ4v) is 3.41. The quantitative estimate of drug-likeness (QED) is 0.348. The molecule has 0 aliphatic heterocycles. The summed E-state index contributed by atoms with van der Waals surface area (Å²) in [5.74, 6) is 3.18. The molecule has 0 unspecified atom stereocenters. The number of oxazole rings is 2. The topological polar surface area (TPSA) is 87.7 Å². The number of halogens is 3. The van der Waals surface area contributed by atoms with E-state index in [1.165, 1.54) is 12.4 Å². The van der Waals surface area contributed by atoms with Gasteiger partial charge in [0.25, 0.3) is 0 Å². The highest BCUT2D eigenvalue weighted by Crippen LogP contribution is 2.27. The molecule has 0 amide bonds. The summed E-state index contributed by atoms with van der Waals surface area (Å²) in [6.45, 7) is 10.8. The monoisotopic (exact) mass is 478 g/mol. The summed E-state index contributed by atoms with van der Waals surface area (Å²) in [5, 5.41) is 7.75. The molecule has 11 heteroatoms. The predicted molar refractivity (Wildman–Crippen MR) is 120 cm³/mol. The van der Waals surface area contributed by atoms with Crippen LogP contribution in [-0.4, -0.2) is 35.7 Å². The van der Waals surface area contributed by atoms with Gasteiger partial charge in [-0.15, -0.1) is 0 Å². The zero-order valence-electron chi connectivity index (χ0n) is 20.3. The van der Waals surface area contributed by atoms with E-state index in [1.54, 1.807) is 10.9 Å². The van der Waals surface area contributed by atoms with E-state index < -0.39 is 12.7 Å². The maximum absolute atomic E-state index is 12.2. The molecule has 0 bridgehead atoms. The largest absolute Gasteiger partial charge is 0.441 e. The number of nitrogens with zero attached hydrogens (tertiary/aromatic N) is 6. The first kappa shape index (κ1) is 25.3. The molecule has 0 N–H and O–H groups in total. The molecule has 0 saturated heterocycles. The van der Waals surface area contributed by atoms with Crippen molar-refractivity contribution in [3.63, 3.8) is 0 Å². The van der Waals surface area contributed by atoms with Crippen molar-refractivity contribution in [2.45, 2.75) is 66.1 Å². The molecule has 8 nitrogen and oxygen atoms in total. The smallest absolute Gasteiger partial charge is 0.408 e. The number of alkyl halides is 3. The minimum absolute atomic E-state index is 0.173. The molecule has 4 heterocycles. The van der Waals surface area contributed by atoms with Crippen molar-refractivity contribution in [3.8, 4) is 22.9 Å². The predicted octanol–water partition coefficient (Wildman–Crippen LogP) is 6.04. The van der Waals surface area contributed by atoms with Gasteiger partial charge in [-0.3, -0.25) is 9.36 Å². The Labute approximate surface area is 195 Å². The van der Waals surface area contributed by atoms with Crippen LogP contribution in [0.5, 0.6) is 0 Å². The van der Waals surface area contributed by atoms with E-state index in [0.717, 1.165) is 33.2 Å². The van der Waals surface area contributed by atoms with Crippen LogP contribution >= 0.6 is 0 Å². The molecule has 34 heavy (non-hydrogen) atoms. The average molecular weight is 479 g/mol. The molecular weight excluding hydrogens is 449 g/mol. The molecule has 0 aliphatic carbocycles. The van der Waals surface area contributed by atoms with Crippen LogP contribution in [0.2, 0.25) is 0 Å². The molecule has 184 valence electrons. The molecule has 0 atom stereocenters. The number of aryl methyl sites for hydroxylation is 3. The van der Waals surface area contributed by atoms with Gasteiger partial charge in [-0.2, -0.15) is 23.4 Å². The Hall–Kier alpha value is -3.37. The zero-order chi connectivity index (χ0) is 25.2. The summed E-state index contributed by atoms with van der Waals surface area (Å²) < 4.78 is 50.5. The van der Waals surface area contributed by atoms with Crippen LogP contribution < -0.4 is 0 Å². The Morgan fingerprint density at radius 2 is 1.29 bits per heavy atom. The van der Waals surface area contributed by atoms with Gasteiger partial charge in [-0.25, -0.2) is 9.97 Å². The highest BCUT2D eigenvalue weighted by molar-refractivity contribution is 5.51. The minimum Gasteiger partial charge on any atom is -0.441 e. The number of hydrogen-bond acceptors (Lipinski definition) is 6. The van der Waals surface area contributed by atoms with Gasteiger partial charge in [0.2, 0.25) is 11.8 Å². The van der Waals surface area contributed by atoms with Gasteiger partial charge in [-0.05, 0) is 13.8 Å². The van der Waals surface area contributed by atoms with E-state index in [4.69, 9.17) is 8.83 Å². The lowest BCUT2D eigenvalue weighted by atomic mass is 10.1. The van der Waals surface area contributed by atoms with Crippen LogP contribution in [0, 0.1) is 13.8 Å². The molecule has 0 radical (unpaired) electrons. The Morgan fingerprint density at radius 1 is 0.824 bits per heavy atom. The Kier molecular flexibility index (Phi) is 7.32. The lowest BCUT2D eigenvalue weighted by Crippen LogP contribution is -2.17. The third-order valence-corrected chi connectivity index (χ3v) is 4.89. The maximum Gasteiger partial charge on any atom is 0.408 e. The van der Waals surface area contributed by atoms with Crippen LogP contribution in [0.1, 0.15) is 62.4 Å². The van der Waals surface area contributed by atoms with Crippen LogP contribution in [0.25, 0.3) is 22.9 Å². The van der Waals surface area contributed by atoms with Crippen molar-refractivity contribution in [3.05, 3.63) is 47.7 Å². The standard InChI is InChI=1S/C12H14F3N3O.C11H15N3O/c1-7(2)10-8(3)17-11(19-10)9-4-16-18(5-9)6-12(13,14)15;1-7(2)10-8(3)13-11(15-10)9-5-12-14(4)6-9/h4-5,7H,6H2,1-3H3;5-7H,1-4H3. The van der Waals surface area contributed by atoms with E-state index >= 15 is 0 Å². The summed E-state index contributed by atoms with van der Waals surface area (Å²) in [7, 11) is 1.88. The third-order valence-electron chi connectivity index (χ3n) is 4.89. The molecule has 4 aromatic heterocycles. The van der Waals surface area contributed by atoms with E-state index in [9.17, 15) is 13.2 Å². The van der Waals surface area contributed by atoms with Gasteiger partial charge in [0.15, 0.2) is 0 Å². The van der Waals surface area contributed by atoms with Crippen LogP contribution in [0.3, 0.4) is 0 Å². The van der Waals surface area contributed by atoms with Gasteiger partial charge >= 0.3 is 6.18 Å². The third kappa shape index (κ3) is 6.15.